The Bertz CT molecular complexity index is 2820. The Morgan fingerprint density at radius 3 is 1.21 bits per heavy atom. The van der Waals surface area contributed by atoms with Gasteiger partial charge in [0.1, 0.15) is 11.5 Å². The number of nitrogens with zero attached hydrogens (tertiary/aromatic N) is 2. The third kappa shape index (κ3) is 5.80. The molecular formula is C52H38N2O2. The maximum atomic E-state index is 5.74. The molecule has 0 saturated heterocycles. The maximum absolute atomic E-state index is 5.74. The van der Waals surface area contributed by atoms with Crippen molar-refractivity contribution in [2.24, 2.45) is 0 Å². The lowest BCUT2D eigenvalue weighted by molar-refractivity contribution is 0.394. The number of anilines is 3. The molecule has 0 atom stereocenters. The van der Waals surface area contributed by atoms with Gasteiger partial charge in [0.15, 0.2) is 0 Å². The van der Waals surface area contributed by atoms with Gasteiger partial charge in [0.25, 0.3) is 0 Å². The maximum Gasteiger partial charge on any atom is 0.124 e. The van der Waals surface area contributed by atoms with Gasteiger partial charge in [-0.1, -0.05) is 115 Å². The van der Waals surface area contributed by atoms with Crippen LogP contribution in [-0.2, 0) is 0 Å². The topological polar surface area (TPSA) is 26.6 Å². The molecule has 0 bridgehead atoms. The Morgan fingerprint density at radius 2 is 0.768 bits per heavy atom. The highest BCUT2D eigenvalue weighted by molar-refractivity contribution is 6.25. The van der Waals surface area contributed by atoms with Crippen LogP contribution in [0.1, 0.15) is 0 Å². The van der Waals surface area contributed by atoms with E-state index in [1.807, 2.05) is 12.1 Å². The van der Waals surface area contributed by atoms with Gasteiger partial charge in [-0.3, -0.25) is 0 Å². The van der Waals surface area contributed by atoms with Crippen LogP contribution in [0.15, 0.2) is 194 Å². The lowest BCUT2D eigenvalue weighted by Gasteiger charge is -2.27. The standard InChI is InChI=1S/C52H38N2O2/c1-55-47-32-46(33-48(34-47)56-2)53(43-22-20-38(21-23-43)35-12-6-3-7-13-35)44-24-26-45(27-25-44)54-49-30-41(36-14-8-4-9-15-36)28-39-18-19-40-29-42(37-16-10-5-11-17-37)31-50(54)52(40)51(39)49/h3-34H,1-2H3. The van der Waals surface area contributed by atoms with Gasteiger partial charge < -0.3 is 18.9 Å². The van der Waals surface area contributed by atoms with Crippen molar-refractivity contribution in [1.29, 1.82) is 0 Å². The van der Waals surface area contributed by atoms with E-state index >= 15 is 0 Å². The SMILES string of the molecule is COc1cc(OC)cc(N(c2ccc(-c3ccccc3)cc2)c2ccc(-n3c4cc(-c5ccccc5)cc5ccc6cc(-c7ccccc7)cc3c6c54)cc2)c1. The smallest absolute Gasteiger partial charge is 0.124 e. The highest BCUT2D eigenvalue weighted by Gasteiger charge is 2.21. The first-order valence-corrected chi connectivity index (χ1v) is 18.9. The molecule has 1 aromatic heterocycles. The third-order valence-corrected chi connectivity index (χ3v) is 10.9. The molecule has 9 aromatic carbocycles. The lowest BCUT2D eigenvalue weighted by atomic mass is 9.95. The van der Waals surface area contributed by atoms with Crippen LogP contribution in [0.25, 0.3) is 71.6 Å². The Kier molecular flexibility index (Phi) is 8.23. The van der Waals surface area contributed by atoms with Crippen LogP contribution < -0.4 is 14.4 Å². The Labute approximate surface area is 326 Å². The summed E-state index contributed by atoms with van der Waals surface area (Å²) in [7, 11) is 3.38. The predicted molar refractivity (Wildman–Crippen MR) is 234 cm³/mol. The van der Waals surface area contributed by atoms with E-state index in [2.05, 4.69) is 191 Å². The normalized spacial score (nSPS) is 11.4. The number of aromatic nitrogens is 1. The van der Waals surface area contributed by atoms with Gasteiger partial charge in [0, 0.05) is 46.0 Å². The molecule has 56 heavy (non-hydrogen) atoms. The number of benzene rings is 9. The number of methoxy groups -OCH3 is 2. The van der Waals surface area contributed by atoms with Crippen molar-refractivity contribution in [1.82, 2.24) is 4.57 Å². The fourth-order valence-corrected chi connectivity index (χ4v) is 8.19. The van der Waals surface area contributed by atoms with Gasteiger partial charge in [0.05, 0.1) is 30.9 Å². The first-order valence-electron chi connectivity index (χ1n) is 18.9. The second kappa shape index (κ2) is 13.8. The van der Waals surface area contributed by atoms with Crippen LogP contribution in [0.5, 0.6) is 11.5 Å². The van der Waals surface area contributed by atoms with Crippen LogP contribution in [0, 0.1) is 0 Å². The first kappa shape index (κ1) is 33.3. The molecule has 10 rings (SSSR count). The molecule has 0 radical (unpaired) electrons. The summed E-state index contributed by atoms with van der Waals surface area (Å²) in [5.74, 6) is 1.45. The molecule has 0 unspecified atom stereocenters. The van der Waals surface area contributed by atoms with Crippen molar-refractivity contribution in [3.8, 4) is 50.6 Å². The average molecular weight is 723 g/mol. The number of rotatable bonds is 9. The first-order chi connectivity index (χ1) is 27.6. The Morgan fingerprint density at radius 1 is 0.357 bits per heavy atom. The van der Waals surface area contributed by atoms with Crippen LogP contribution in [-0.4, -0.2) is 18.8 Å². The van der Waals surface area contributed by atoms with E-state index in [9.17, 15) is 0 Å². The molecule has 0 spiro atoms. The van der Waals surface area contributed by atoms with Gasteiger partial charge in [-0.25, -0.2) is 0 Å². The minimum atomic E-state index is 0.723. The molecule has 0 fully saturated rings. The molecule has 4 nitrogen and oxygen atoms in total. The van der Waals surface area contributed by atoms with Crippen LogP contribution in [0.3, 0.4) is 0 Å². The summed E-state index contributed by atoms with van der Waals surface area (Å²) in [4.78, 5) is 2.25. The number of hydrogen-bond acceptors (Lipinski definition) is 3. The van der Waals surface area contributed by atoms with E-state index < -0.39 is 0 Å². The Balaban J connectivity index is 1.16. The molecular weight excluding hydrogens is 685 g/mol. The van der Waals surface area contributed by atoms with E-state index in [0.29, 0.717) is 0 Å². The van der Waals surface area contributed by atoms with Gasteiger partial charge >= 0.3 is 0 Å². The third-order valence-electron chi connectivity index (χ3n) is 10.9. The fourth-order valence-electron chi connectivity index (χ4n) is 8.19. The average Bonchev–Trinajstić information content (AvgIpc) is 3.61. The molecule has 268 valence electrons. The summed E-state index contributed by atoms with van der Waals surface area (Å²) in [6.45, 7) is 0. The Hall–Kier alpha value is -7.30. The fraction of sp³-hybridized carbons (Fsp3) is 0.0385. The second-order valence-electron chi connectivity index (χ2n) is 14.2. The van der Waals surface area contributed by atoms with Crippen molar-refractivity contribution in [2.75, 3.05) is 19.1 Å². The van der Waals surface area contributed by atoms with Crippen molar-refractivity contribution >= 4 is 49.6 Å². The van der Waals surface area contributed by atoms with Gasteiger partial charge in [-0.05, 0) is 105 Å². The van der Waals surface area contributed by atoms with Gasteiger partial charge in [0.2, 0.25) is 0 Å². The zero-order valence-corrected chi connectivity index (χ0v) is 31.2. The summed E-state index contributed by atoms with van der Waals surface area (Å²) < 4.78 is 13.9. The monoisotopic (exact) mass is 722 g/mol. The second-order valence-corrected chi connectivity index (χ2v) is 14.2. The summed E-state index contributed by atoms with van der Waals surface area (Å²) in [5, 5.41) is 5.03. The minimum Gasteiger partial charge on any atom is -0.497 e. The molecule has 4 heteroatoms. The quantitative estimate of drug-likeness (QED) is 0.139. The van der Waals surface area contributed by atoms with Crippen LogP contribution in [0.2, 0.25) is 0 Å². The zero-order valence-electron chi connectivity index (χ0n) is 31.2. The summed E-state index contributed by atoms with van der Waals surface area (Å²) in [6.07, 6.45) is 0. The lowest BCUT2D eigenvalue weighted by Crippen LogP contribution is -2.10. The molecule has 0 aliphatic carbocycles. The van der Waals surface area contributed by atoms with Crippen molar-refractivity contribution in [3.05, 3.63) is 194 Å². The highest BCUT2D eigenvalue weighted by atomic mass is 16.5. The van der Waals surface area contributed by atoms with Crippen molar-refractivity contribution < 1.29 is 9.47 Å². The van der Waals surface area contributed by atoms with Gasteiger partial charge in [-0.15, -0.1) is 0 Å². The molecule has 1 heterocycles. The molecule has 0 saturated carbocycles. The van der Waals surface area contributed by atoms with Gasteiger partial charge in [-0.2, -0.15) is 0 Å². The molecule has 10 aromatic rings. The van der Waals surface area contributed by atoms with E-state index in [-0.39, 0.29) is 0 Å². The molecule has 0 amide bonds. The summed E-state index contributed by atoms with van der Waals surface area (Å²) in [6, 6.07) is 69.4. The number of ether oxygens (including phenoxy) is 2. The van der Waals surface area contributed by atoms with Crippen LogP contribution >= 0.6 is 0 Å². The van der Waals surface area contributed by atoms with E-state index in [4.69, 9.17) is 9.47 Å². The predicted octanol–water partition coefficient (Wildman–Crippen LogP) is 13.9. The largest absolute Gasteiger partial charge is 0.497 e. The summed E-state index contributed by atoms with van der Waals surface area (Å²) in [5.41, 5.74) is 13.6. The van der Waals surface area contributed by atoms with E-state index in [1.165, 1.54) is 60.4 Å². The molecule has 0 aliphatic rings. The van der Waals surface area contributed by atoms with E-state index in [1.54, 1.807) is 14.2 Å². The highest BCUT2D eigenvalue weighted by Crippen LogP contribution is 2.44. The van der Waals surface area contributed by atoms with E-state index in [0.717, 1.165) is 39.8 Å². The van der Waals surface area contributed by atoms with Crippen molar-refractivity contribution in [2.45, 2.75) is 0 Å². The number of hydrogen-bond donors (Lipinski definition) is 0. The van der Waals surface area contributed by atoms with Crippen LogP contribution in [0.4, 0.5) is 17.1 Å². The van der Waals surface area contributed by atoms with Crippen molar-refractivity contribution in [3.63, 3.8) is 0 Å². The molecule has 0 N–H and O–H groups in total. The molecule has 0 aliphatic heterocycles. The zero-order chi connectivity index (χ0) is 37.6. The summed E-state index contributed by atoms with van der Waals surface area (Å²) >= 11 is 0. The minimum absolute atomic E-state index is 0.723.